The van der Waals surface area contributed by atoms with Gasteiger partial charge in [0.15, 0.2) is 5.60 Å². The Morgan fingerprint density at radius 2 is 2.03 bits per heavy atom. The molecule has 0 N–H and O–H groups in total. The van der Waals surface area contributed by atoms with Crippen molar-refractivity contribution in [3.05, 3.63) is 23.4 Å². The molecule has 0 aromatic carbocycles. The first-order valence-corrected chi connectivity index (χ1v) is 12.4. The summed E-state index contributed by atoms with van der Waals surface area (Å²) in [4.78, 5) is 14.6. The van der Waals surface area contributed by atoms with Gasteiger partial charge in [-0.1, -0.05) is 18.9 Å². The smallest absolute Gasteiger partial charge is 0.304 e. The highest BCUT2D eigenvalue weighted by atomic mass is 16.6. The Balaban J connectivity index is 1.43. The summed E-state index contributed by atoms with van der Waals surface area (Å²) in [5.74, 6) is 5.57. The second-order valence-electron chi connectivity index (χ2n) is 10.5. The topological polar surface area (TPSA) is 29.5 Å². The van der Waals surface area contributed by atoms with Crippen LogP contribution in [0.3, 0.4) is 0 Å². The van der Waals surface area contributed by atoms with Crippen LogP contribution < -0.4 is 0 Å². The maximum Gasteiger partial charge on any atom is 0.304 e. The van der Waals surface area contributed by atoms with Crippen molar-refractivity contribution in [2.75, 3.05) is 13.1 Å². The Kier molecular flexibility index (Phi) is 5.04. The number of carbonyl (C=O) groups is 1. The molecule has 0 aromatic heterocycles. The fourth-order valence-electron chi connectivity index (χ4n) is 8.38. The highest BCUT2D eigenvalue weighted by molar-refractivity contribution is 5.67. The van der Waals surface area contributed by atoms with Crippen molar-refractivity contribution < 1.29 is 9.53 Å². The SMILES string of the molecule is C#C[C@]1(OC(C)=O)CC[C@H]2[C@@H]3CC=C4C=C(N5CCCC5)CC[C@@H]4[C@H]3CC[C@@]21CC. The number of hydrogen-bond donors (Lipinski definition) is 0. The molecular formula is C27H37NO2. The van der Waals surface area contributed by atoms with Crippen LogP contribution in [0.25, 0.3) is 0 Å². The van der Waals surface area contributed by atoms with Crippen molar-refractivity contribution >= 4 is 5.97 Å². The van der Waals surface area contributed by atoms with E-state index in [-0.39, 0.29) is 11.4 Å². The van der Waals surface area contributed by atoms with Crippen LogP contribution in [0.4, 0.5) is 0 Å². The van der Waals surface area contributed by atoms with E-state index < -0.39 is 5.60 Å². The fraction of sp³-hybridized carbons (Fsp3) is 0.741. The van der Waals surface area contributed by atoms with Crippen LogP contribution in [0.2, 0.25) is 0 Å². The molecule has 2 saturated carbocycles. The molecular weight excluding hydrogens is 370 g/mol. The Morgan fingerprint density at radius 3 is 2.73 bits per heavy atom. The maximum atomic E-state index is 12.0. The summed E-state index contributed by atoms with van der Waals surface area (Å²) in [5, 5.41) is 0. The number of allylic oxidation sites excluding steroid dienone is 4. The minimum atomic E-state index is -0.692. The summed E-state index contributed by atoms with van der Waals surface area (Å²) >= 11 is 0. The molecule has 6 atom stereocenters. The van der Waals surface area contributed by atoms with E-state index in [0.717, 1.165) is 37.5 Å². The highest BCUT2D eigenvalue weighted by Crippen LogP contribution is 2.66. The van der Waals surface area contributed by atoms with E-state index in [9.17, 15) is 4.79 Å². The minimum absolute atomic E-state index is 0.0366. The molecule has 30 heavy (non-hydrogen) atoms. The van der Waals surface area contributed by atoms with Crippen LogP contribution in [-0.4, -0.2) is 29.6 Å². The first kappa shape index (κ1) is 20.2. The number of ether oxygens (including phenoxy) is 1. The van der Waals surface area contributed by atoms with Crippen LogP contribution in [0.5, 0.6) is 0 Å². The molecule has 5 rings (SSSR count). The first-order valence-electron chi connectivity index (χ1n) is 12.4. The number of carbonyl (C=O) groups excluding carboxylic acids is 1. The predicted octanol–water partition coefficient (Wildman–Crippen LogP) is 5.47. The van der Waals surface area contributed by atoms with Crippen LogP contribution in [-0.2, 0) is 9.53 Å². The van der Waals surface area contributed by atoms with Crippen molar-refractivity contribution in [2.24, 2.45) is 29.1 Å². The van der Waals surface area contributed by atoms with Gasteiger partial charge in [0, 0.05) is 31.1 Å². The van der Waals surface area contributed by atoms with E-state index in [1.807, 2.05) is 0 Å². The lowest BCUT2D eigenvalue weighted by atomic mass is 9.50. The van der Waals surface area contributed by atoms with Gasteiger partial charge < -0.3 is 9.64 Å². The van der Waals surface area contributed by atoms with Crippen LogP contribution in [0, 0.1) is 41.4 Å². The Hall–Kier alpha value is -1.69. The van der Waals surface area contributed by atoms with Gasteiger partial charge in [0.1, 0.15) is 0 Å². The average molecular weight is 408 g/mol. The van der Waals surface area contributed by atoms with Crippen LogP contribution in [0.1, 0.15) is 78.1 Å². The molecule has 0 aromatic rings. The number of rotatable bonds is 3. The molecule has 1 aliphatic heterocycles. The zero-order valence-electron chi connectivity index (χ0n) is 18.8. The summed E-state index contributed by atoms with van der Waals surface area (Å²) in [6.07, 6.45) is 22.9. The van der Waals surface area contributed by atoms with Crippen LogP contribution >= 0.6 is 0 Å². The van der Waals surface area contributed by atoms with Gasteiger partial charge in [0.2, 0.25) is 0 Å². The lowest BCUT2D eigenvalue weighted by Gasteiger charge is -2.55. The van der Waals surface area contributed by atoms with Crippen LogP contribution in [0.15, 0.2) is 23.4 Å². The van der Waals surface area contributed by atoms with Crippen molar-refractivity contribution in [1.29, 1.82) is 0 Å². The first-order chi connectivity index (χ1) is 14.5. The highest BCUT2D eigenvalue weighted by Gasteiger charge is 2.65. The van der Waals surface area contributed by atoms with Crippen molar-refractivity contribution in [3.8, 4) is 12.3 Å². The number of nitrogens with zero attached hydrogens (tertiary/aromatic N) is 1. The molecule has 0 spiro atoms. The normalized spacial score (nSPS) is 42.4. The standard InChI is InChI=1S/C27H37NO2/c1-4-26-14-12-23-22-11-9-21(28-16-6-7-17-28)18-20(22)8-10-24(23)25(26)13-15-27(26,5-2)30-19(3)29/h2,8,18,22-25H,4,6-7,9-17H2,1,3H3/t22-,23+,24+,25-,26-,27-/m0/s1. The summed E-state index contributed by atoms with van der Waals surface area (Å²) in [5.41, 5.74) is 2.48. The Morgan fingerprint density at radius 1 is 1.23 bits per heavy atom. The predicted molar refractivity (Wildman–Crippen MR) is 119 cm³/mol. The van der Waals surface area contributed by atoms with E-state index >= 15 is 0 Å². The Bertz CT molecular complexity index is 813. The monoisotopic (exact) mass is 407 g/mol. The van der Waals surface area contributed by atoms with E-state index in [1.165, 1.54) is 58.5 Å². The molecule has 3 fully saturated rings. The lowest BCUT2D eigenvalue weighted by Crippen LogP contribution is -2.54. The van der Waals surface area contributed by atoms with Gasteiger partial charge in [-0.25, -0.2) is 0 Å². The summed E-state index contributed by atoms with van der Waals surface area (Å²) in [6, 6.07) is 0. The van der Waals surface area contributed by atoms with Gasteiger partial charge in [-0.2, -0.15) is 0 Å². The van der Waals surface area contributed by atoms with Crippen molar-refractivity contribution in [3.63, 3.8) is 0 Å². The third-order valence-corrected chi connectivity index (χ3v) is 9.62. The Labute approximate surface area is 182 Å². The zero-order valence-corrected chi connectivity index (χ0v) is 18.8. The molecule has 0 unspecified atom stereocenters. The van der Waals surface area contributed by atoms with E-state index in [2.05, 4.69) is 29.9 Å². The second kappa shape index (κ2) is 7.47. The molecule has 3 nitrogen and oxygen atoms in total. The number of fused-ring (bicyclic) bond motifs is 5. The second-order valence-corrected chi connectivity index (χ2v) is 10.5. The van der Waals surface area contributed by atoms with Crippen molar-refractivity contribution in [1.82, 2.24) is 4.90 Å². The van der Waals surface area contributed by atoms with E-state index in [4.69, 9.17) is 11.2 Å². The lowest BCUT2D eigenvalue weighted by molar-refractivity contribution is -0.170. The summed E-state index contributed by atoms with van der Waals surface area (Å²) in [7, 11) is 0. The summed E-state index contributed by atoms with van der Waals surface area (Å²) < 4.78 is 5.96. The molecule has 5 aliphatic rings. The third kappa shape index (κ3) is 2.82. The van der Waals surface area contributed by atoms with Gasteiger partial charge in [0.05, 0.1) is 0 Å². The molecule has 1 heterocycles. The number of esters is 1. The van der Waals surface area contributed by atoms with Crippen molar-refractivity contribution in [2.45, 2.75) is 83.7 Å². The summed E-state index contributed by atoms with van der Waals surface area (Å²) in [6.45, 7) is 6.29. The number of terminal acetylenes is 1. The quantitative estimate of drug-likeness (QED) is 0.459. The molecule has 3 heteroatoms. The molecule has 4 aliphatic carbocycles. The minimum Gasteiger partial charge on any atom is -0.445 e. The fourth-order valence-corrected chi connectivity index (χ4v) is 8.38. The van der Waals surface area contributed by atoms with Gasteiger partial charge in [-0.05, 0) is 99.5 Å². The largest absolute Gasteiger partial charge is 0.445 e. The molecule has 162 valence electrons. The number of likely N-dealkylation sites (tertiary alicyclic amines) is 1. The molecule has 0 radical (unpaired) electrons. The molecule has 1 saturated heterocycles. The van der Waals surface area contributed by atoms with Gasteiger partial charge in [0.25, 0.3) is 0 Å². The van der Waals surface area contributed by atoms with E-state index in [0.29, 0.717) is 11.8 Å². The molecule has 0 bridgehead atoms. The molecule has 0 amide bonds. The maximum absolute atomic E-state index is 12.0. The number of hydrogen-bond acceptors (Lipinski definition) is 3. The zero-order chi connectivity index (χ0) is 20.9. The third-order valence-electron chi connectivity index (χ3n) is 9.62. The van der Waals surface area contributed by atoms with E-state index in [1.54, 1.807) is 11.3 Å². The van der Waals surface area contributed by atoms with Gasteiger partial charge >= 0.3 is 5.97 Å². The van der Waals surface area contributed by atoms with Gasteiger partial charge in [-0.3, -0.25) is 4.79 Å². The average Bonchev–Trinajstić information content (AvgIpc) is 3.40. The van der Waals surface area contributed by atoms with Gasteiger partial charge in [-0.15, -0.1) is 6.42 Å².